The molecule has 5 heteroatoms. The predicted molar refractivity (Wildman–Crippen MR) is 76.3 cm³/mol. The zero-order chi connectivity index (χ0) is 15.5. The van der Waals surface area contributed by atoms with Crippen LogP contribution in [0.3, 0.4) is 0 Å². The van der Waals surface area contributed by atoms with Crippen molar-refractivity contribution in [2.75, 3.05) is 6.61 Å². The van der Waals surface area contributed by atoms with Crippen molar-refractivity contribution in [2.45, 2.75) is 51.9 Å². The van der Waals surface area contributed by atoms with Gasteiger partial charge in [-0.25, -0.2) is 0 Å². The Bertz CT molecular complexity index is 467. The lowest BCUT2D eigenvalue weighted by molar-refractivity contribution is -0.139. The first-order valence-electron chi connectivity index (χ1n) is 7.42. The van der Waals surface area contributed by atoms with Crippen LogP contribution in [0.4, 0.5) is 13.2 Å². The summed E-state index contributed by atoms with van der Waals surface area (Å²) < 4.78 is 44.8. The molecule has 0 unspecified atom stereocenters. The second kappa shape index (κ2) is 6.69. The molecule has 2 nitrogen and oxygen atoms in total. The van der Waals surface area contributed by atoms with Gasteiger partial charge < -0.3 is 10.1 Å². The second-order valence-corrected chi connectivity index (χ2v) is 5.97. The number of ether oxygens (including phenoxy) is 1. The van der Waals surface area contributed by atoms with Gasteiger partial charge in [0.25, 0.3) is 0 Å². The molecule has 118 valence electrons. The van der Waals surface area contributed by atoms with Crippen molar-refractivity contribution < 1.29 is 17.9 Å². The zero-order valence-corrected chi connectivity index (χ0v) is 12.5. The van der Waals surface area contributed by atoms with Gasteiger partial charge in [-0.1, -0.05) is 26.3 Å². The molecule has 1 N–H and O–H groups in total. The van der Waals surface area contributed by atoms with Crippen molar-refractivity contribution in [1.82, 2.24) is 5.32 Å². The number of rotatable bonds is 6. The van der Waals surface area contributed by atoms with E-state index in [-0.39, 0.29) is 11.8 Å². The minimum Gasteiger partial charge on any atom is -0.493 e. The molecule has 2 rings (SSSR count). The Labute approximate surface area is 123 Å². The first-order valence-corrected chi connectivity index (χ1v) is 7.42. The third kappa shape index (κ3) is 4.63. The van der Waals surface area contributed by atoms with Crippen molar-refractivity contribution >= 4 is 0 Å². The Hall–Kier alpha value is -1.23. The fraction of sp³-hybridized carbons (Fsp3) is 0.625. The number of halogens is 3. The van der Waals surface area contributed by atoms with Gasteiger partial charge >= 0.3 is 6.18 Å². The molecule has 0 radical (unpaired) electrons. The Balaban J connectivity index is 2.10. The maximum atomic E-state index is 13.1. The van der Waals surface area contributed by atoms with Crippen molar-refractivity contribution in [3.05, 3.63) is 29.3 Å². The van der Waals surface area contributed by atoms with Crippen molar-refractivity contribution in [1.29, 1.82) is 0 Å². The molecule has 1 aliphatic carbocycles. The van der Waals surface area contributed by atoms with E-state index in [0.717, 1.165) is 19.3 Å². The molecule has 1 fully saturated rings. The minimum atomic E-state index is -4.39. The summed E-state index contributed by atoms with van der Waals surface area (Å²) in [7, 11) is 0. The van der Waals surface area contributed by atoms with Crippen molar-refractivity contribution in [2.24, 2.45) is 5.92 Å². The van der Waals surface area contributed by atoms with Crippen molar-refractivity contribution in [3.63, 3.8) is 0 Å². The summed E-state index contributed by atoms with van der Waals surface area (Å²) in [5.41, 5.74) is -0.0584. The Morgan fingerprint density at radius 2 is 2.00 bits per heavy atom. The third-order valence-electron chi connectivity index (χ3n) is 3.76. The molecule has 0 amide bonds. The van der Waals surface area contributed by atoms with Crippen LogP contribution >= 0.6 is 0 Å². The van der Waals surface area contributed by atoms with E-state index in [1.807, 2.05) is 13.8 Å². The molecule has 0 saturated heterocycles. The molecule has 1 aromatic rings. The lowest BCUT2D eigenvalue weighted by Crippen LogP contribution is -2.23. The van der Waals surface area contributed by atoms with Crippen LogP contribution in [0.2, 0.25) is 0 Å². The van der Waals surface area contributed by atoms with Crippen LogP contribution in [-0.4, -0.2) is 12.6 Å². The van der Waals surface area contributed by atoms with E-state index < -0.39 is 11.7 Å². The highest BCUT2D eigenvalue weighted by atomic mass is 19.4. The SMILES string of the molecule is CC(C)NCc1ccc(OCC2CCC2)c(C(F)(F)F)c1. The second-order valence-electron chi connectivity index (χ2n) is 5.97. The molecule has 0 aliphatic heterocycles. The summed E-state index contributed by atoms with van der Waals surface area (Å²) in [6, 6.07) is 4.55. The lowest BCUT2D eigenvalue weighted by atomic mass is 9.86. The van der Waals surface area contributed by atoms with Crippen LogP contribution in [0.5, 0.6) is 5.75 Å². The number of hydrogen-bond acceptors (Lipinski definition) is 2. The van der Waals surface area contributed by atoms with Crippen LogP contribution < -0.4 is 10.1 Å². The first kappa shape index (κ1) is 16.1. The summed E-state index contributed by atoms with van der Waals surface area (Å²) in [6.07, 6.45) is -1.13. The highest BCUT2D eigenvalue weighted by Gasteiger charge is 2.35. The summed E-state index contributed by atoms with van der Waals surface area (Å²) >= 11 is 0. The molecule has 0 heterocycles. The zero-order valence-electron chi connectivity index (χ0n) is 12.5. The Morgan fingerprint density at radius 3 is 2.52 bits per heavy atom. The van der Waals surface area contributed by atoms with E-state index in [4.69, 9.17) is 4.74 Å². The number of hydrogen-bond donors (Lipinski definition) is 1. The molecule has 0 aromatic heterocycles. The molecular weight excluding hydrogens is 279 g/mol. The standard InChI is InChI=1S/C16H22F3NO/c1-11(2)20-9-13-6-7-15(14(8-13)16(17,18)19)21-10-12-4-3-5-12/h6-8,11-12,20H,3-5,9-10H2,1-2H3. The maximum Gasteiger partial charge on any atom is 0.419 e. The van der Waals surface area contributed by atoms with Gasteiger partial charge in [0.1, 0.15) is 5.75 Å². The van der Waals surface area contributed by atoms with Crippen LogP contribution in [0, 0.1) is 5.92 Å². The topological polar surface area (TPSA) is 21.3 Å². The quantitative estimate of drug-likeness (QED) is 0.842. The Kier molecular flexibility index (Phi) is 5.14. The molecule has 1 aliphatic rings. The predicted octanol–water partition coefficient (Wildman–Crippen LogP) is 4.38. The third-order valence-corrected chi connectivity index (χ3v) is 3.76. The van der Waals surface area contributed by atoms with Gasteiger partial charge in [0.05, 0.1) is 12.2 Å². The number of nitrogens with one attached hydrogen (secondary N) is 1. The summed E-state index contributed by atoms with van der Waals surface area (Å²) in [5.74, 6) is 0.357. The average molecular weight is 301 g/mol. The smallest absolute Gasteiger partial charge is 0.419 e. The highest BCUT2D eigenvalue weighted by Crippen LogP contribution is 2.37. The van der Waals surface area contributed by atoms with E-state index in [1.165, 1.54) is 12.1 Å². The normalized spacial score (nSPS) is 16.1. The van der Waals surface area contributed by atoms with Gasteiger partial charge in [0, 0.05) is 12.6 Å². The largest absolute Gasteiger partial charge is 0.493 e. The van der Waals surface area contributed by atoms with E-state index >= 15 is 0 Å². The molecule has 0 bridgehead atoms. The average Bonchev–Trinajstić information content (AvgIpc) is 2.34. The van der Waals surface area contributed by atoms with E-state index in [1.54, 1.807) is 6.07 Å². The Morgan fingerprint density at radius 1 is 1.29 bits per heavy atom. The molecule has 0 spiro atoms. The maximum absolute atomic E-state index is 13.1. The monoisotopic (exact) mass is 301 g/mol. The summed E-state index contributed by atoms with van der Waals surface area (Å²) in [6.45, 7) is 4.72. The van der Waals surface area contributed by atoms with Crippen LogP contribution in [0.15, 0.2) is 18.2 Å². The van der Waals surface area contributed by atoms with Crippen molar-refractivity contribution in [3.8, 4) is 5.75 Å². The van der Waals surface area contributed by atoms with Gasteiger partial charge in [-0.05, 0) is 36.5 Å². The van der Waals surface area contributed by atoms with Gasteiger partial charge in [-0.3, -0.25) is 0 Å². The van der Waals surface area contributed by atoms with E-state index in [9.17, 15) is 13.2 Å². The van der Waals surface area contributed by atoms with Gasteiger partial charge in [-0.15, -0.1) is 0 Å². The molecule has 21 heavy (non-hydrogen) atoms. The summed E-state index contributed by atoms with van der Waals surface area (Å²) in [5, 5.41) is 3.12. The number of benzene rings is 1. The highest BCUT2D eigenvalue weighted by molar-refractivity contribution is 5.39. The summed E-state index contributed by atoms with van der Waals surface area (Å²) in [4.78, 5) is 0. The number of alkyl halides is 3. The fourth-order valence-corrected chi connectivity index (χ4v) is 2.22. The first-order chi connectivity index (χ1) is 9.86. The van der Waals surface area contributed by atoms with E-state index in [2.05, 4.69) is 5.32 Å². The molecular formula is C16H22F3NO. The van der Waals surface area contributed by atoms with Crippen LogP contribution in [-0.2, 0) is 12.7 Å². The van der Waals surface area contributed by atoms with Crippen LogP contribution in [0.25, 0.3) is 0 Å². The van der Waals surface area contributed by atoms with Gasteiger partial charge in [-0.2, -0.15) is 13.2 Å². The van der Waals surface area contributed by atoms with Crippen LogP contribution in [0.1, 0.15) is 44.2 Å². The van der Waals surface area contributed by atoms with E-state index in [0.29, 0.717) is 24.6 Å². The molecule has 0 atom stereocenters. The minimum absolute atomic E-state index is 0.0531. The van der Waals surface area contributed by atoms with Gasteiger partial charge in [0.2, 0.25) is 0 Å². The molecule has 1 aromatic carbocycles. The molecule has 1 saturated carbocycles. The lowest BCUT2D eigenvalue weighted by Gasteiger charge is -2.26. The fourth-order valence-electron chi connectivity index (χ4n) is 2.22. The van der Waals surface area contributed by atoms with Gasteiger partial charge in [0.15, 0.2) is 0 Å².